The van der Waals surface area contributed by atoms with E-state index < -0.39 is 5.54 Å². The summed E-state index contributed by atoms with van der Waals surface area (Å²) in [4.78, 5) is 12.2. The predicted octanol–water partition coefficient (Wildman–Crippen LogP) is 2.77. The fourth-order valence-corrected chi connectivity index (χ4v) is 3.14. The number of amides is 1. The normalized spacial score (nSPS) is 18.0. The summed E-state index contributed by atoms with van der Waals surface area (Å²) in [7, 11) is 0. The molecule has 0 atom stereocenters. The van der Waals surface area contributed by atoms with Gasteiger partial charge in [0.05, 0.1) is 11.6 Å². The van der Waals surface area contributed by atoms with Crippen LogP contribution in [0.15, 0.2) is 18.2 Å². The molecule has 1 saturated carbocycles. The topological polar surface area (TPSA) is 56.8 Å². The Kier molecular flexibility index (Phi) is 4.76. The van der Waals surface area contributed by atoms with Crippen LogP contribution in [0.1, 0.15) is 45.1 Å². The summed E-state index contributed by atoms with van der Waals surface area (Å²) in [5.41, 5.74) is 0.488. The van der Waals surface area contributed by atoms with E-state index in [-0.39, 0.29) is 18.6 Å². The van der Waals surface area contributed by atoms with Gasteiger partial charge in [-0.05, 0) is 44.4 Å². The van der Waals surface area contributed by atoms with Gasteiger partial charge in [0.1, 0.15) is 19.8 Å². The van der Waals surface area contributed by atoms with Crippen molar-refractivity contribution >= 4 is 5.91 Å². The number of carbonyl (C=O) groups is 1. The molecule has 0 spiro atoms. The van der Waals surface area contributed by atoms with Crippen LogP contribution in [-0.2, 0) is 15.1 Å². The van der Waals surface area contributed by atoms with E-state index in [4.69, 9.17) is 14.2 Å². The van der Waals surface area contributed by atoms with E-state index in [0.29, 0.717) is 13.2 Å². The van der Waals surface area contributed by atoms with Crippen LogP contribution in [0.3, 0.4) is 0 Å². The van der Waals surface area contributed by atoms with Crippen molar-refractivity contribution in [1.29, 1.82) is 0 Å². The molecule has 0 radical (unpaired) electrons. The van der Waals surface area contributed by atoms with Gasteiger partial charge in [-0.15, -0.1) is 0 Å². The van der Waals surface area contributed by atoms with Crippen LogP contribution >= 0.6 is 0 Å². The number of ether oxygens (including phenoxy) is 3. The maximum Gasteiger partial charge on any atom is 0.246 e. The quantitative estimate of drug-likeness (QED) is 0.907. The highest BCUT2D eigenvalue weighted by Crippen LogP contribution is 2.34. The summed E-state index contributed by atoms with van der Waals surface area (Å²) in [6.07, 6.45) is 4.79. The van der Waals surface area contributed by atoms with E-state index in [0.717, 1.165) is 29.9 Å². The predicted molar refractivity (Wildman–Crippen MR) is 86.8 cm³/mol. The molecular weight excluding hydrogens is 294 g/mol. The van der Waals surface area contributed by atoms with Gasteiger partial charge >= 0.3 is 0 Å². The van der Waals surface area contributed by atoms with E-state index >= 15 is 0 Å². The first-order valence-corrected chi connectivity index (χ1v) is 8.37. The molecule has 1 aromatic rings. The Morgan fingerprint density at radius 3 is 2.65 bits per heavy atom. The van der Waals surface area contributed by atoms with Gasteiger partial charge < -0.3 is 19.5 Å². The molecule has 1 aliphatic carbocycles. The second-order valence-electron chi connectivity index (χ2n) is 6.75. The maximum absolute atomic E-state index is 12.2. The first kappa shape index (κ1) is 16.1. The molecule has 5 nitrogen and oxygen atoms in total. The monoisotopic (exact) mass is 319 g/mol. The summed E-state index contributed by atoms with van der Waals surface area (Å²) in [5, 5.41) is 3.04. The number of rotatable bonds is 5. The van der Waals surface area contributed by atoms with Crippen molar-refractivity contribution in [2.75, 3.05) is 19.8 Å². The Bertz CT molecular complexity index is 564. The molecule has 0 unspecified atom stereocenters. The number of carbonyl (C=O) groups excluding carboxylic acids is 1. The number of benzene rings is 1. The van der Waals surface area contributed by atoms with Crippen molar-refractivity contribution in [1.82, 2.24) is 5.32 Å². The van der Waals surface area contributed by atoms with Gasteiger partial charge in [-0.3, -0.25) is 4.79 Å². The van der Waals surface area contributed by atoms with Crippen molar-refractivity contribution in [2.24, 2.45) is 0 Å². The van der Waals surface area contributed by atoms with E-state index in [1.165, 1.54) is 12.8 Å². The third kappa shape index (κ3) is 3.96. The Balaban J connectivity index is 1.60. The largest absolute Gasteiger partial charge is 0.486 e. The van der Waals surface area contributed by atoms with Crippen LogP contribution in [0, 0.1) is 0 Å². The van der Waals surface area contributed by atoms with Crippen molar-refractivity contribution in [3.05, 3.63) is 23.8 Å². The van der Waals surface area contributed by atoms with Gasteiger partial charge in [0, 0.05) is 0 Å². The first-order valence-electron chi connectivity index (χ1n) is 8.37. The highest BCUT2D eigenvalue weighted by Gasteiger charge is 2.26. The summed E-state index contributed by atoms with van der Waals surface area (Å²) >= 11 is 0. The fourth-order valence-electron chi connectivity index (χ4n) is 3.14. The van der Waals surface area contributed by atoms with Gasteiger partial charge in [-0.1, -0.05) is 18.9 Å². The minimum Gasteiger partial charge on any atom is -0.486 e. The van der Waals surface area contributed by atoms with Crippen LogP contribution in [-0.4, -0.2) is 31.8 Å². The molecule has 5 heteroatoms. The van der Waals surface area contributed by atoms with Crippen molar-refractivity contribution in [3.63, 3.8) is 0 Å². The minimum atomic E-state index is -0.494. The average Bonchev–Trinajstić information content (AvgIpc) is 3.05. The zero-order valence-electron chi connectivity index (χ0n) is 13.9. The van der Waals surface area contributed by atoms with Gasteiger partial charge in [0.2, 0.25) is 5.91 Å². The summed E-state index contributed by atoms with van der Waals surface area (Å²) in [5.74, 6) is 1.40. The standard InChI is InChI=1S/C18H25NO4/c1-18(2,19-17(20)12-23-14-5-3-4-6-14)13-7-8-15-16(11-13)22-10-9-21-15/h7-8,11,14H,3-6,9-10,12H2,1-2H3,(H,19,20). The molecular formula is C18H25NO4. The summed E-state index contributed by atoms with van der Waals surface area (Å²) in [6, 6.07) is 5.80. The molecule has 23 heavy (non-hydrogen) atoms. The van der Waals surface area contributed by atoms with Crippen LogP contribution in [0.5, 0.6) is 11.5 Å². The number of fused-ring (bicyclic) bond motifs is 1. The third-order valence-corrected chi connectivity index (χ3v) is 4.47. The molecule has 3 rings (SSSR count). The Hall–Kier alpha value is -1.75. The highest BCUT2D eigenvalue weighted by molar-refractivity contribution is 5.78. The molecule has 1 fully saturated rings. The molecule has 1 aliphatic heterocycles. The van der Waals surface area contributed by atoms with Gasteiger partial charge in [-0.25, -0.2) is 0 Å². The maximum atomic E-state index is 12.2. The molecule has 0 aromatic heterocycles. The van der Waals surface area contributed by atoms with Gasteiger partial charge in [0.25, 0.3) is 0 Å². The lowest BCUT2D eigenvalue weighted by atomic mass is 9.93. The number of hydrogen-bond acceptors (Lipinski definition) is 4. The Morgan fingerprint density at radius 2 is 1.91 bits per heavy atom. The molecule has 0 saturated heterocycles. The second kappa shape index (κ2) is 6.79. The highest BCUT2D eigenvalue weighted by atomic mass is 16.6. The lowest BCUT2D eigenvalue weighted by Gasteiger charge is -2.29. The molecule has 1 N–H and O–H groups in total. The third-order valence-electron chi connectivity index (χ3n) is 4.47. The number of hydrogen-bond donors (Lipinski definition) is 1. The Morgan fingerprint density at radius 1 is 1.22 bits per heavy atom. The van der Waals surface area contributed by atoms with E-state index in [9.17, 15) is 4.79 Å². The van der Waals surface area contributed by atoms with Gasteiger partial charge in [-0.2, -0.15) is 0 Å². The fraction of sp³-hybridized carbons (Fsp3) is 0.611. The lowest BCUT2D eigenvalue weighted by Crippen LogP contribution is -2.43. The summed E-state index contributed by atoms with van der Waals surface area (Å²) < 4.78 is 16.8. The second-order valence-corrected chi connectivity index (χ2v) is 6.75. The van der Waals surface area contributed by atoms with Crippen LogP contribution in [0.25, 0.3) is 0 Å². The first-order chi connectivity index (χ1) is 11.0. The van der Waals surface area contributed by atoms with Crippen LogP contribution < -0.4 is 14.8 Å². The number of nitrogens with one attached hydrogen (secondary N) is 1. The molecule has 1 amide bonds. The average molecular weight is 319 g/mol. The minimum absolute atomic E-state index is 0.0863. The molecule has 2 aliphatic rings. The van der Waals surface area contributed by atoms with E-state index in [1.54, 1.807) is 0 Å². The van der Waals surface area contributed by atoms with Crippen LogP contribution in [0.4, 0.5) is 0 Å². The van der Waals surface area contributed by atoms with E-state index in [2.05, 4.69) is 5.32 Å². The van der Waals surface area contributed by atoms with Crippen molar-refractivity contribution < 1.29 is 19.0 Å². The SMILES string of the molecule is CC(C)(NC(=O)COC1CCCC1)c1ccc2c(c1)OCCO2. The van der Waals surface area contributed by atoms with Crippen molar-refractivity contribution in [2.45, 2.75) is 51.2 Å². The Labute approximate surface area is 137 Å². The summed E-state index contributed by atoms with van der Waals surface area (Å²) in [6.45, 7) is 5.21. The zero-order valence-corrected chi connectivity index (χ0v) is 13.9. The molecule has 126 valence electrons. The zero-order chi connectivity index (χ0) is 16.3. The van der Waals surface area contributed by atoms with Crippen molar-refractivity contribution in [3.8, 4) is 11.5 Å². The lowest BCUT2D eigenvalue weighted by molar-refractivity contribution is -0.129. The molecule has 1 heterocycles. The van der Waals surface area contributed by atoms with Crippen LogP contribution in [0.2, 0.25) is 0 Å². The smallest absolute Gasteiger partial charge is 0.246 e. The van der Waals surface area contributed by atoms with E-state index in [1.807, 2.05) is 32.0 Å². The molecule has 0 bridgehead atoms. The van der Waals surface area contributed by atoms with Gasteiger partial charge in [0.15, 0.2) is 11.5 Å². The molecule has 1 aromatic carbocycles.